The van der Waals surface area contributed by atoms with Crippen molar-refractivity contribution in [3.63, 3.8) is 0 Å². The molecule has 0 atom stereocenters. The van der Waals surface area contributed by atoms with E-state index in [1.54, 1.807) is 0 Å². The monoisotopic (exact) mass is 449 g/mol. The number of carbonyl (C=O) groups is 1. The largest absolute Gasteiger partial charge is 0.466 e. The van der Waals surface area contributed by atoms with Gasteiger partial charge >= 0.3 is 5.97 Å². The molecule has 0 N–H and O–H groups in total. The molecule has 0 radical (unpaired) electrons. The molecule has 5 rings (SSSR count). The number of aromatic nitrogens is 4. The van der Waals surface area contributed by atoms with Crippen LogP contribution in [0.25, 0.3) is 16.6 Å². The first kappa shape index (κ1) is 20.7. The number of anilines is 1. The Balaban J connectivity index is 1.57. The molecule has 2 aromatic carbocycles. The first-order valence-electron chi connectivity index (χ1n) is 10.9. The smallest absolute Gasteiger partial charge is 0.309 e. The molecule has 1 aliphatic heterocycles. The second-order valence-electron chi connectivity index (χ2n) is 8.02. The van der Waals surface area contributed by atoms with Crippen molar-refractivity contribution in [3.05, 3.63) is 64.9 Å². The minimum Gasteiger partial charge on any atom is -0.466 e. The summed E-state index contributed by atoms with van der Waals surface area (Å²) in [6.45, 7) is 3.67. The molecule has 0 saturated carbocycles. The number of ether oxygens (including phenoxy) is 1. The number of rotatable bonds is 5. The summed E-state index contributed by atoms with van der Waals surface area (Å²) >= 11 is 6.26. The van der Waals surface area contributed by atoms with Crippen molar-refractivity contribution < 1.29 is 9.53 Å². The normalized spacial score (nSPS) is 14.9. The zero-order valence-corrected chi connectivity index (χ0v) is 18.6. The molecule has 0 unspecified atom stereocenters. The number of hydrogen-bond acceptors (Lipinski definition) is 6. The number of carbonyl (C=O) groups excluding carboxylic acids is 1. The molecule has 2 aromatic heterocycles. The lowest BCUT2D eigenvalue weighted by molar-refractivity contribution is -0.148. The Morgan fingerprint density at radius 3 is 2.66 bits per heavy atom. The maximum absolute atomic E-state index is 12.2. The Morgan fingerprint density at radius 2 is 1.91 bits per heavy atom. The first-order valence-corrected chi connectivity index (χ1v) is 11.3. The van der Waals surface area contributed by atoms with E-state index >= 15 is 0 Å². The molecule has 1 aliphatic rings. The number of benzene rings is 2. The highest BCUT2D eigenvalue weighted by Gasteiger charge is 2.29. The molecule has 3 heterocycles. The summed E-state index contributed by atoms with van der Waals surface area (Å²) in [4.78, 5) is 19.4. The van der Waals surface area contributed by atoms with Gasteiger partial charge in [0.15, 0.2) is 5.65 Å². The molecule has 0 spiro atoms. The van der Waals surface area contributed by atoms with Gasteiger partial charge in [0.1, 0.15) is 5.82 Å². The molecule has 0 aliphatic carbocycles. The van der Waals surface area contributed by atoms with Crippen molar-refractivity contribution in [1.29, 1.82) is 0 Å². The third-order valence-corrected chi connectivity index (χ3v) is 6.19. The number of piperidine rings is 1. The van der Waals surface area contributed by atoms with Crippen molar-refractivity contribution in [2.75, 3.05) is 24.6 Å². The Morgan fingerprint density at radius 1 is 1.12 bits per heavy atom. The van der Waals surface area contributed by atoms with Gasteiger partial charge in [0.05, 0.1) is 18.0 Å². The molecule has 7 nitrogen and oxygen atoms in total. The number of hydrogen-bond donors (Lipinski definition) is 0. The van der Waals surface area contributed by atoms with E-state index in [9.17, 15) is 4.79 Å². The standard InChI is InChI=1S/C24H24ClN5O2/c1-2-32-23(31)17-10-12-29(13-11-17)24-26-20-15-18(25)8-9-19(20)22-28-27-21(30(22)24)14-16-6-4-3-5-7-16/h3-9,15,17H,2,10-14H2,1H3. The van der Waals surface area contributed by atoms with Gasteiger partial charge < -0.3 is 9.64 Å². The van der Waals surface area contributed by atoms with Crippen molar-refractivity contribution in [3.8, 4) is 0 Å². The van der Waals surface area contributed by atoms with Gasteiger partial charge in [-0.25, -0.2) is 9.38 Å². The molecule has 4 aromatic rings. The number of esters is 1. The van der Waals surface area contributed by atoms with Crippen LogP contribution < -0.4 is 4.90 Å². The van der Waals surface area contributed by atoms with Crippen LogP contribution >= 0.6 is 11.6 Å². The predicted molar refractivity (Wildman–Crippen MR) is 124 cm³/mol. The lowest BCUT2D eigenvalue weighted by atomic mass is 9.97. The van der Waals surface area contributed by atoms with Gasteiger partial charge in [-0.1, -0.05) is 41.9 Å². The number of halogens is 1. The van der Waals surface area contributed by atoms with Crippen LogP contribution in [0.15, 0.2) is 48.5 Å². The average molecular weight is 450 g/mol. The molecular formula is C24H24ClN5O2. The SMILES string of the molecule is CCOC(=O)C1CCN(c2nc3cc(Cl)ccc3c3nnc(Cc4ccccc4)n23)CC1. The van der Waals surface area contributed by atoms with E-state index in [4.69, 9.17) is 21.3 Å². The number of fused-ring (bicyclic) bond motifs is 3. The maximum Gasteiger partial charge on any atom is 0.309 e. The van der Waals surface area contributed by atoms with E-state index in [1.807, 2.05) is 47.7 Å². The summed E-state index contributed by atoms with van der Waals surface area (Å²) in [7, 11) is 0. The third-order valence-electron chi connectivity index (χ3n) is 5.95. The van der Waals surface area contributed by atoms with Crippen LogP contribution in [0.3, 0.4) is 0 Å². The van der Waals surface area contributed by atoms with E-state index in [1.165, 1.54) is 0 Å². The molecule has 1 saturated heterocycles. The van der Waals surface area contributed by atoms with E-state index in [-0.39, 0.29) is 11.9 Å². The van der Waals surface area contributed by atoms with Gasteiger partial charge in [-0.3, -0.25) is 4.79 Å². The first-order chi connectivity index (χ1) is 15.6. The van der Waals surface area contributed by atoms with Gasteiger partial charge in [-0.2, -0.15) is 0 Å². The van der Waals surface area contributed by atoms with Crippen molar-refractivity contribution >= 4 is 40.1 Å². The van der Waals surface area contributed by atoms with Crippen molar-refractivity contribution in [1.82, 2.24) is 19.6 Å². The molecule has 0 amide bonds. The molecular weight excluding hydrogens is 426 g/mol. The minimum absolute atomic E-state index is 0.0682. The summed E-state index contributed by atoms with van der Waals surface area (Å²) in [6, 6.07) is 15.9. The van der Waals surface area contributed by atoms with Crippen LogP contribution in [0.4, 0.5) is 5.95 Å². The highest BCUT2D eigenvalue weighted by molar-refractivity contribution is 6.31. The Kier molecular flexibility index (Phi) is 5.66. The van der Waals surface area contributed by atoms with Gasteiger partial charge in [-0.15, -0.1) is 10.2 Å². The Bertz CT molecular complexity index is 1270. The molecule has 1 fully saturated rings. The summed E-state index contributed by atoms with van der Waals surface area (Å²) in [6.07, 6.45) is 2.10. The lowest BCUT2D eigenvalue weighted by Crippen LogP contribution is -2.38. The maximum atomic E-state index is 12.2. The Hall–Kier alpha value is -3.19. The van der Waals surface area contributed by atoms with Gasteiger partial charge in [-0.05, 0) is 43.5 Å². The minimum atomic E-state index is -0.107. The lowest BCUT2D eigenvalue weighted by Gasteiger charge is -2.32. The topological polar surface area (TPSA) is 72.6 Å². The fourth-order valence-electron chi connectivity index (χ4n) is 4.33. The van der Waals surface area contributed by atoms with Crippen LogP contribution in [0.5, 0.6) is 0 Å². The van der Waals surface area contributed by atoms with Gasteiger partial charge in [0, 0.05) is 29.9 Å². The summed E-state index contributed by atoms with van der Waals surface area (Å²) in [5, 5.41) is 10.6. The van der Waals surface area contributed by atoms with E-state index < -0.39 is 0 Å². The van der Waals surface area contributed by atoms with Crippen LogP contribution in [0.2, 0.25) is 5.02 Å². The zero-order valence-electron chi connectivity index (χ0n) is 17.9. The van der Waals surface area contributed by atoms with Crippen molar-refractivity contribution in [2.24, 2.45) is 5.92 Å². The molecule has 8 heteroatoms. The van der Waals surface area contributed by atoms with E-state index in [2.05, 4.69) is 27.2 Å². The van der Waals surface area contributed by atoms with Crippen LogP contribution in [-0.4, -0.2) is 45.2 Å². The quantitative estimate of drug-likeness (QED) is 0.423. The van der Waals surface area contributed by atoms with Crippen LogP contribution in [0, 0.1) is 5.92 Å². The van der Waals surface area contributed by atoms with E-state index in [0.717, 1.165) is 46.7 Å². The highest BCUT2D eigenvalue weighted by Crippen LogP contribution is 2.29. The van der Waals surface area contributed by atoms with E-state index in [0.29, 0.717) is 31.1 Å². The van der Waals surface area contributed by atoms with Gasteiger partial charge in [0.25, 0.3) is 0 Å². The number of nitrogens with zero attached hydrogens (tertiary/aromatic N) is 5. The zero-order chi connectivity index (χ0) is 22.1. The van der Waals surface area contributed by atoms with Gasteiger partial charge in [0.2, 0.25) is 5.95 Å². The van der Waals surface area contributed by atoms with Crippen molar-refractivity contribution in [2.45, 2.75) is 26.2 Å². The van der Waals surface area contributed by atoms with Crippen LogP contribution in [0.1, 0.15) is 31.2 Å². The highest BCUT2D eigenvalue weighted by atomic mass is 35.5. The molecule has 0 bridgehead atoms. The predicted octanol–water partition coefficient (Wildman–Crippen LogP) is 4.30. The summed E-state index contributed by atoms with van der Waals surface area (Å²) in [5.74, 6) is 1.44. The summed E-state index contributed by atoms with van der Waals surface area (Å²) in [5.41, 5.74) is 2.70. The average Bonchev–Trinajstić information content (AvgIpc) is 3.23. The van der Waals surface area contributed by atoms with Crippen LogP contribution in [-0.2, 0) is 16.0 Å². The fraction of sp³-hybridized carbons (Fsp3) is 0.333. The fourth-order valence-corrected chi connectivity index (χ4v) is 4.49. The second-order valence-corrected chi connectivity index (χ2v) is 8.46. The molecule has 32 heavy (non-hydrogen) atoms. The Labute approximate surface area is 191 Å². The molecule has 164 valence electrons. The third kappa shape index (κ3) is 3.88. The second kappa shape index (κ2) is 8.74. The summed E-state index contributed by atoms with van der Waals surface area (Å²) < 4.78 is 7.27.